The first-order valence-electron chi connectivity index (χ1n) is 7.93. The Labute approximate surface area is 132 Å². The Morgan fingerprint density at radius 2 is 2.00 bits per heavy atom. The van der Waals surface area contributed by atoms with E-state index >= 15 is 0 Å². The van der Waals surface area contributed by atoms with Crippen molar-refractivity contribution in [1.82, 2.24) is 10.3 Å². The summed E-state index contributed by atoms with van der Waals surface area (Å²) in [5.41, 5.74) is 3.85. The molecule has 0 aliphatic heterocycles. The van der Waals surface area contributed by atoms with E-state index in [1.54, 1.807) is 0 Å². The molecule has 0 aliphatic carbocycles. The van der Waals surface area contributed by atoms with Crippen LogP contribution in [0.4, 0.5) is 0 Å². The van der Waals surface area contributed by atoms with Crippen LogP contribution in [0.25, 0.3) is 10.6 Å². The number of aromatic nitrogens is 1. The van der Waals surface area contributed by atoms with E-state index in [0.29, 0.717) is 6.04 Å². The lowest BCUT2D eigenvalue weighted by atomic mass is 10.1. The van der Waals surface area contributed by atoms with E-state index in [2.05, 4.69) is 57.3 Å². The number of hydrogen-bond acceptors (Lipinski definition) is 3. The molecule has 2 aromatic rings. The fourth-order valence-electron chi connectivity index (χ4n) is 2.29. The third-order valence-electron chi connectivity index (χ3n) is 3.86. The van der Waals surface area contributed by atoms with Gasteiger partial charge in [0.05, 0.1) is 5.69 Å². The highest BCUT2D eigenvalue weighted by Crippen LogP contribution is 2.31. The zero-order valence-corrected chi connectivity index (χ0v) is 14.4. The predicted molar refractivity (Wildman–Crippen MR) is 92.9 cm³/mol. The number of aryl methyl sites for hydroxylation is 2. The third kappa shape index (κ3) is 4.14. The van der Waals surface area contributed by atoms with Crippen molar-refractivity contribution in [3.63, 3.8) is 0 Å². The van der Waals surface area contributed by atoms with Crippen LogP contribution in [0.1, 0.15) is 49.7 Å². The normalized spacial score (nSPS) is 12.6. The van der Waals surface area contributed by atoms with Crippen LogP contribution in [-0.2, 0) is 13.0 Å². The van der Waals surface area contributed by atoms with Crippen LogP contribution >= 0.6 is 11.3 Å². The van der Waals surface area contributed by atoms with Crippen LogP contribution in [0.15, 0.2) is 24.3 Å². The van der Waals surface area contributed by atoms with E-state index in [-0.39, 0.29) is 0 Å². The minimum atomic E-state index is 0.559. The summed E-state index contributed by atoms with van der Waals surface area (Å²) in [7, 11) is 0. The maximum Gasteiger partial charge on any atom is 0.124 e. The van der Waals surface area contributed by atoms with Crippen molar-refractivity contribution in [2.45, 2.75) is 59.5 Å². The average molecular weight is 302 g/mol. The number of rotatable bonds is 7. The second-order valence-electron chi connectivity index (χ2n) is 5.64. The monoisotopic (exact) mass is 302 g/mol. The van der Waals surface area contributed by atoms with E-state index in [1.807, 2.05) is 11.3 Å². The Morgan fingerprint density at radius 3 is 2.67 bits per heavy atom. The summed E-state index contributed by atoms with van der Waals surface area (Å²) in [6.45, 7) is 9.78. The maximum absolute atomic E-state index is 4.91. The van der Waals surface area contributed by atoms with Crippen molar-refractivity contribution in [1.29, 1.82) is 0 Å². The first-order chi connectivity index (χ1) is 10.2. The number of nitrogens with zero attached hydrogens (tertiary/aromatic N) is 1. The van der Waals surface area contributed by atoms with Gasteiger partial charge < -0.3 is 5.32 Å². The molecule has 2 nitrogen and oxygen atoms in total. The Morgan fingerprint density at radius 1 is 1.24 bits per heavy atom. The number of benzene rings is 1. The van der Waals surface area contributed by atoms with Crippen molar-refractivity contribution in [2.75, 3.05) is 0 Å². The molecule has 2 rings (SSSR count). The topological polar surface area (TPSA) is 24.9 Å². The quantitative estimate of drug-likeness (QED) is 0.782. The van der Waals surface area contributed by atoms with Gasteiger partial charge in [0.1, 0.15) is 5.01 Å². The van der Waals surface area contributed by atoms with Crippen molar-refractivity contribution >= 4 is 11.3 Å². The molecule has 0 fully saturated rings. The van der Waals surface area contributed by atoms with Crippen LogP contribution in [0.2, 0.25) is 0 Å². The van der Waals surface area contributed by atoms with Gasteiger partial charge >= 0.3 is 0 Å². The molecule has 0 amide bonds. The van der Waals surface area contributed by atoms with Gasteiger partial charge in [0, 0.05) is 23.0 Å². The van der Waals surface area contributed by atoms with Gasteiger partial charge in [-0.2, -0.15) is 0 Å². The van der Waals surface area contributed by atoms with Crippen molar-refractivity contribution in [3.8, 4) is 10.6 Å². The highest BCUT2D eigenvalue weighted by Gasteiger charge is 2.13. The molecule has 1 unspecified atom stereocenters. The molecular formula is C18H26N2S. The molecule has 0 aliphatic rings. The van der Waals surface area contributed by atoms with Gasteiger partial charge in [0.15, 0.2) is 0 Å². The highest BCUT2D eigenvalue weighted by molar-refractivity contribution is 7.15. The minimum Gasteiger partial charge on any atom is -0.309 e. The predicted octanol–water partition coefficient (Wildman–Crippen LogP) is 4.96. The summed E-state index contributed by atoms with van der Waals surface area (Å²) in [4.78, 5) is 6.31. The fourth-order valence-corrected chi connectivity index (χ4v) is 3.44. The lowest BCUT2D eigenvalue weighted by Gasteiger charge is -2.10. The van der Waals surface area contributed by atoms with Crippen molar-refractivity contribution in [2.24, 2.45) is 0 Å². The molecule has 0 spiro atoms. The summed E-state index contributed by atoms with van der Waals surface area (Å²) < 4.78 is 0. The molecular weight excluding hydrogens is 276 g/mol. The molecule has 1 aromatic heterocycles. The van der Waals surface area contributed by atoms with Gasteiger partial charge in [-0.05, 0) is 32.3 Å². The second kappa shape index (κ2) is 7.71. The summed E-state index contributed by atoms with van der Waals surface area (Å²) in [6.07, 6.45) is 3.37. The summed E-state index contributed by atoms with van der Waals surface area (Å²) >= 11 is 1.85. The maximum atomic E-state index is 4.91. The smallest absolute Gasteiger partial charge is 0.124 e. The fraction of sp³-hybridized carbons (Fsp3) is 0.500. The average Bonchev–Trinajstić information content (AvgIpc) is 2.88. The molecule has 3 heteroatoms. The Bertz CT molecular complexity index is 574. The van der Waals surface area contributed by atoms with Crippen LogP contribution < -0.4 is 5.32 Å². The van der Waals surface area contributed by atoms with Gasteiger partial charge in [-0.25, -0.2) is 4.98 Å². The third-order valence-corrected chi connectivity index (χ3v) is 4.99. The van der Waals surface area contributed by atoms with E-state index in [0.717, 1.165) is 30.8 Å². The van der Waals surface area contributed by atoms with Crippen LogP contribution in [0.5, 0.6) is 0 Å². The standard InChI is InChI=1S/C18H26N2S/c1-5-9-16-17(12-19-14(4)6-2)21-18(20-16)15-11-8-7-10-13(15)3/h7-8,10-11,14,19H,5-6,9,12H2,1-4H3. The van der Waals surface area contributed by atoms with E-state index in [9.17, 15) is 0 Å². The zero-order valence-electron chi connectivity index (χ0n) is 13.6. The van der Waals surface area contributed by atoms with Gasteiger partial charge in [0.2, 0.25) is 0 Å². The number of hydrogen-bond donors (Lipinski definition) is 1. The molecule has 0 radical (unpaired) electrons. The number of nitrogens with one attached hydrogen (secondary N) is 1. The summed E-state index contributed by atoms with van der Waals surface area (Å²) in [5, 5.41) is 4.76. The Kier molecular flexibility index (Phi) is 5.95. The van der Waals surface area contributed by atoms with E-state index < -0.39 is 0 Å². The number of thiazole rings is 1. The molecule has 0 saturated carbocycles. The first kappa shape index (κ1) is 16.2. The summed E-state index contributed by atoms with van der Waals surface area (Å²) in [6, 6.07) is 9.08. The molecule has 114 valence electrons. The van der Waals surface area contributed by atoms with E-state index in [4.69, 9.17) is 4.98 Å². The highest BCUT2D eigenvalue weighted by atomic mass is 32.1. The van der Waals surface area contributed by atoms with Gasteiger partial charge in [-0.15, -0.1) is 11.3 Å². The molecule has 1 atom stereocenters. The van der Waals surface area contributed by atoms with Gasteiger partial charge in [-0.3, -0.25) is 0 Å². The Hall–Kier alpha value is -1.19. The molecule has 1 aromatic carbocycles. The van der Waals surface area contributed by atoms with Crippen molar-refractivity contribution < 1.29 is 0 Å². The van der Waals surface area contributed by atoms with Crippen molar-refractivity contribution in [3.05, 3.63) is 40.4 Å². The SMILES string of the molecule is CCCc1nc(-c2ccccc2C)sc1CNC(C)CC. The zero-order chi connectivity index (χ0) is 15.2. The van der Waals surface area contributed by atoms with Gasteiger partial charge in [0.25, 0.3) is 0 Å². The Balaban J connectivity index is 2.26. The lowest BCUT2D eigenvalue weighted by molar-refractivity contribution is 0.535. The minimum absolute atomic E-state index is 0.559. The van der Waals surface area contributed by atoms with Crippen LogP contribution in [-0.4, -0.2) is 11.0 Å². The molecule has 1 N–H and O–H groups in total. The summed E-state index contributed by atoms with van der Waals surface area (Å²) in [5.74, 6) is 0. The van der Waals surface area contributed by atoms with Crippen LogP contribution in [0.3, 0.4) is 0 Å². The van der Waals surface area contributed by atoms with E-state index in [1.165, 1.54) is 21.7 Å². The lowest BCUT2D eigenvalue weighted by Crippen LogP contribution is -2.24. The molecule has 1 heterocycles. The second-order valence-corrected chi connectivity index (χ2v) is 6.73. The first-order valence-corrected chi connectivity index (χ1v) is 8.75. The van der Waals surface area contributed by atoms with Crippen LogP contribution in [0, 0.1) is 6.92 Å². The molecule has 0 bridgehead atoms. The van der Waals surface area contributed by atoms with Gasteiger partial charge in [-0.1, -0.05) is 44.5 Å². The molecule has 0 saturated heterocycles. The largest absolute Gasteiger partial charge is 0.309 e. The molecule has 21 heavy (non-hydrogen) atoms.